The van der Waals surface area contributed by atoms with Gasteiger partial charge in [-0.2, -0.15) is 5.26 Å². The molecule has 1 N–H and O–H groups in total. The normalized spacial score (nSPS) is 14.3. The number of carbonyl (C=O) groups excluding carboxylic acids is 1. The Hall–Kier alpha value is -3.18. The lowest BCUT2D eigenvalue weighted by molar-refractivity contribution is -0.115. The van der Waals surface area contributed by atoms with E-state index in [1.54, 1.807) is 36.7 Å². The molecular formula is C20H18N6OS. The van der Waals surface area contributed by atoms with Crippen molar-refractivity contribution in [3.8, 4) is 17.5 Å². The van der Waals surface area contributed by atoms with Crippen molar-refractivity contribution in [2.24, 2.45) is 0 Å². The van der Waals surface area contributed by atoms with Crippen LogP contribution in [0.5, 0.6) is 0 Å². The van der Waals surface area contributed by atoms with Crippen molar-refractivity contribution >= 4 is 23.4 Å². The Morgan fingerprint density at radius 2 is 2.00 bits per heavy atom. The van der Waals surface area contributed by atoms with Crippen LogP contribution in [0.3, 0.4) is 0 Å². The number of hydrogen-bond acceptors (Lipinski definition) is 6. The molecule has 1 aliphatic rings. The molecule has 1 aliphatic carbocycles. The van der Waals surface area contributed by atoms with Crippen molar-refractivity contribution in [1.82, 2.24) is 19.7 Å². The molecule has 4 rings (SSSR count). The van der Waals surface area contributed by atoms with Crippen LogP contribution in [-0.4, -0.2) is 30.9 Å². The highest BCUT2D eigenvalue weighted by Crippen LogP contribution is 2.41. The summed E-state index contributed by atoms with van der Waals surface area (Å²) in [7, 11) is 0. The van der Waals surface area contributed by atoms with E-state index < -0.39 is 5.25 Å². The first-order chi connectivity index (χ1) is 13.7. The summed E-state index contributed by atoms with van der Waals surface area (Å²) in [6.45, 7) is 1.83. The highest BCUT2D eigenvalue weighted by molar-refractivity contribution is 8.00. The second kappa shape index (κ2) is 7.82. The number of pyridine rings is 1. The number of nitrogens with one attached hydrogen (secondary N) is 1. The van der Waals surface area contributed by atoms with Crippen molar-refractivity contribution in [3.63, 3.8) is 0 Å². The second-order valence-corrected chi connectivity index (χ2v) is 7.86. The number of para-hydroxylation sites is 1. The van der Waals surface area contributed by atoms with Gasteiger partial charge in [0.1, 0.15) is 6.07 Å². The summed E-state index contributed by atoms with van der Waals surface area (Å²) >= 11 is 1.37. The van der Waals surface area contributed by atoms with Crippen LogP contribution in [-0.2, 0) is 4.79 Å². The number of thioether (sulfide) groups is 1. The van der Waals surface area contributed by atoms with E-state index in [0.29, 0.717) is 17.3 Å². The molecule has 1 atom stereocenters. The van der Waals surface area contributed by atoms with Gasteiger partial charge in [-0.05, 0) is 44.0 Å². The van der Waals surface area contributed by atoms with Gasteiger partial charge in [-0.25, -0.2) is 0 Å². The number of rotatable bonds is 6. The molecular weight excluding hydrogens is 372 g/mol. The van der Waals surface area contributed by atoms with Crippen LogP contribution in [0.1, 0.15) is 31.4 Å². The summed E-state index contributed by atoms with van der Waals surface area (Å²) in [6.07, 6.45) is 5.63. The van der Waals surface area contributed by atoms with E-state index in [-0.39, 0.29) is 5.91 Å². The fraction of sp³-hybridized carbons (Fsp3) is 0.250. The van der Waals surface area contributed by atoms with E-state index in [1.807, 2.05) is 19.1 Å². The SMILES string of the molecule is C[C@H](Sc1nnc(-c2ccncc2)n1C1CC1)C(=O)Nc1ccccc1C#N. The average Bonchev–Trinajstić information content (AvgIpc) is 3.49. The zero-order valence-corrected chi connectivity index (χ0v) is 16.1. The summed E-state index contributed by atoms with van der Waals surface area (Å²) in [5, 5.41) is 21.1. The Labute approximate surface area is 166 Å². The topological polar surface area (TPSA) is 96.5 Å². The molecule has 0 saturated heterocycles. The Morgan fingerprint density at radius 1 is 1.25 bits per heavy atom. The van der Waals surface area contributed by atoms with Gasteiger partial charge in [-0.15, -0.1) is 10.2 Å². The quantitative estimate of drug-likeness (QED) is 0.645. The number of carbonyl (C=O) groups is 1. The fourth-order valence-electron chi connectivity index (χ4n) is 2.85. The summed E-state index contributed by atoms with van der Waals surface area (Å²) in [5.41, 5.74) is 1.92. The summed E-state index contributed by atoms with van der Waals surface area (Å²) < 4.78 is 2.12. The van der Waals surface area contributed by atoms with E-state index in [4.69, 9.17) is 0 Å². The van der Waals surface area contributed by atoms with Gasteiger partial charge < -0.3 is 5.32 Å². The van der Waals surface area contributed by atoms with Crippen LogP contribution in [0, 0.1) is 11.3 Å². The molecule has 7 nitrogen and oxygen atoms in total. The smallest absolute Gasteiger partial charge is 0.237 e. The molecule has 0 bridgehead atoms. The monoisotopic (exact) mass is 390 g/mol. The van der Waals surface area contributed by atoms with Gasteiger partial charge >= 0.3 is 0 Å². The highest BCUT2D eigenvalue weighted by atomic mass is 32.2. The number of hydrogen-bond donors (Lipinski definition) is 1. The van der Waals surface area contributed by atoms with Gasteiger partial charge in [0, 0.05) is 24.0 Å². The number of benzene rings is 1. The number of anilines is 1. The van der Waals surface area contributed by atoms with Crippen molar-refractivity contribution in [2.45, 2.75) is 36.2 Å². The van der Waals surface area contributed by atoms with Gasteiger partial charge in [0.2, 0.25) is 5.91 Å². The molecule has 2 aromatic heterocycles. The zero-order chi connectivity index (χ0) is 19.5. The number of aromatic nitrogens is 4. The Balaban J connectivity index is 1.53. The lowest BCUT2D eigenvalue weighted by Gasteiger charge is -2.14. The predicted octanol–water partition coefficient (Wildman–Crippen LogP) is 3.67. The first-order valence-corrected chi connectivity index (χ1v) is 9.87. The Kier molecular flexibility index (Phi) is 5.08. The molecule has 28 heavy (non-hydrogen) atoms. The van der Waals surface area contributed by atoms with Crippen LogP contribution in [0.25, 0.3) is 11.4 Å². The molecule has 1 fully saturated rings. The molecule has 0 spiro atoms. The van der Waals surface area contributed by atoms with Gasteiger partial charge in [-0.1, -0.05) is 23.9 Å². The van der Waals surface area contributed by atoms with Gasteiger partial charge in [-0.3, -0.25) is 14.3 Å². The van der Waals surface area contributed by atoms with E-state index in [9.17, 15) is 10.1 Å². The van der Waals surface area contributed by atoms with E-state index >= 15 is 0 Å². The van der Waals surface area contributed by atoms with E-state index in [1.165, 1.54) is 11.8 Å². The minimum absolute atomic E-state index is 0.177. The maximum Gasteiger partial charge on any atom is 0.237 e. The van der Waals surface area contributed by atoms with Gasteiger partial charge in [0.15, 0.2) is 11.0 Å². The van der Waals surface area contributed by atoms with E-state index in [2.05, 4.69) is 31.1 Å². The molecule has 0 aliphatic heterocycles. The molecule has 3 aromatic rings. The van der Waals surface area contributed by atoms with Crippen molar-refractivity contribution in [2.75, 3.05) is 5.32 Å². The molecule has 2 heterocycles. The molecule has 1 saturated carbocycles. The van der Waals surface area contributed by atoms with Gasteiger partial charge in [0.05, 0.1) is 16.5 Å². The number of nitriles is 1. The summed E-state index contributed by atoms with van der Waals surface area (Å²) in [5.74, 6) is 0.623. The van der Waals surface area contributed by atoms with E-state index in [0.717, 1.165) is 29.4 Å². The lowest BCUT2D eigenvalue weighted by atomic mass is 10.2. The third kappa shape index (κ3) is 3.75. The predicted molar refractivity (Wildman–Crippen MR) is 107 cm³/mol. The van der Waals surface area contributed by atoms with Crippen LogP contribution < -0.4 is 5.32 Å². The van der Waals surface area contributed by atoms with Crippen LogP contribution in [0.15, 0.2) is 53.9 Å². The maximum absolute atomic E-state index is 12.7. The van der Waals surface area contributed by atoms with Crippen LogP contribution >= 0.6 is 11.8 Å². The largest absolute Gasteiger partial charge is 0.324 e. The third-order valence-electron chi connectivity index (χ3n) is 4.47. The van der Waals surface area contributed by atoms with Crippen molar-refractivity contribution in [3.05, 3.63) is 54.4 Å². The number of nitrogens with zero attached hydrogens (tertiary/aromatic N) is 5. The Morgan fingerprint density at radius 3 is 2.71 bits per heavy atom. The zero-order valence-electron chi connectivity index (χ0n) is 15.2. The highest BCUT2D eigenvalue weighted by Gasteiger charge is 2.31. The van der Waals surface area contributed by atoms with Crippen molar-refractivity contribution in [1.29, 1.82) is 5.26 Å². The van der Waals surface area contributed by atoms with Crippen LogP contribution in [0.4, 0.5) is 5.69 Å². The second-order valence-electron chi connectivity index (χ2n) is 6.55. The van der Waals surface area contributed by atoms with Crippen LogP contribution in [0.2, 0.25) is 0 Å². The fourth-order valence-corrected chi connectivity index (χ4v) is 3.77. The third-order valence-corrected chi connectivity index (χ3v) is 5.53. The molecule has 1 amide bonds. The molecule has 8 heteroatoms. The first kappa shape index (κ1) is 18.2. The molecule has 0 radical (unpaired) electrons. The molecule has 0 unspecified atom stereocenters. The standard InChI is InChI=1S/C20H18N6OS/c1-13(19(27)23-17-5-3-2-4-15(17)12-21)28-20-25-24-18(26(20)16-6-7-16)14-8-10-22-11-9-14/h2-5,8-11,13,16H,6-7H2,1H3,(H,23,27)/t13-/m0/s1. The average molecular weight is 390 g/mol. The summed E-state index contributed by atoms with van der Waals surface area (Å²) in [4.78, 5) is 16.7. The minimum Gasteiger partial charge on any atom is -0.324 e. The lowest BCUT2D eigenvalue weighted by Crippen LogP contribution is -2.23. The molecule has 1 aromatic carbocycles. The maximum atomic E-state index is 12.7. The van der Waals surface area contributed by atoms with Crippen molar-refractivity contribution < 1.29 is 4.79 Å². The first-order valence-electron chi connectivity index (χ1n) is 8.99. The number of amides is 1. The minimum atomic E-state index is -0.390. The van der Waals surface area contributed by atoms with Gasteiger partial charge in [0.25, 0.3) is 0 Å². The Bertz CT molecular complexity index is 1040. The molecule has 140 valence electrons. The summed E-state index contributed by atoms with van der Waals surface area (Å²) in [6, 6.07) is 13.2.